The van der Waals surface area contributed by atoms with E-state index < -0.39 is 0 Å². The highest BCUT2D eigenvalue weighted by molar-refractivity contribution is 6.18. The number of rotatable bonds is 6. The van der Waals surface area contributed by atoms with E-state index >= 15 is 0 Å². The fourth-order valence-electron chi connectivity index (χ4n) is 7.43. The van der Waals surface area contributed by atoms with E-state index in [0.29, 0.717) is 17.5 Å². The quantitative estimate of drug-likeness (QED) is 0.176. The molecule has 10 aromatic rings. The minimum Gasteiger partial charge on any atom is -0.309 e. The maximum absolute atomic E-state index is 5.10. The Balaban J connectivity index is 1.11. The van der Waals surface area contributed by atoms with Gasteiger partial charge in [-0.3, -0.25) is 0 Å². The average Bonchev–Trinajstić information content (AvgIpc) is 3.59. The first kappa shape index (κ1) is 30.6. The van der Waals surface area contributed by atoms with Crippen LogP contribution in [0.1, 0.15) is 0 Å². The van der Waals surface area contributed by atoms with Crippen molar-refractivity contribution in [3.63, 3.8) is 0 Å². The topological polar surface area (TPSA) is 43.6 Å². The van der Waals surface area contributed by atoms with Gasteiger partial charge >= 0.3 is 0 Å². The number of para-hydroxylation sites is 1. The molecule has 0 spiro atoms. The third-order valence-corrected chi connectivity index (χ3v) is 10.1. The molecular formula is C49H32N4. The first-order chi connectivity index (χ1) is 26.3. The largest absolute Gasteiger partial charge is 0.309 e. The lowest BCUT2D eigenvalue weighted by Crippen LogP contribution is -2.01. The summed E-state index contributed by atoms with van der Waals surface area (Å²) in [5.41, 5.74) is 10.8. The van der Waals surface area contributed by atoms with Crippen LogP contribution in [-0.4, -0.2) is 19.5 Å². The third-order valence-electron chi connectivity index (χ3n) is 10.1. The first-order valence-electron chi connectivity index (χ1n) is 17.9. The van der Waals surface area contributed by atoms with Crippen molar-refractivity contribution in [1.29, 1.82) is 0 Å². The van der Waals surface area contributed by atoms with Gasteiger partial charge in [0.15, 0.2) is 17.5 Å². The van der Waals surface area contributed by atoms with Gasteiger partial charge in [-0.1, -0.05) is 158 Å². The van der Waals surface area contributed by atoms with Crippen LogP contribution in [0.4, 0.5) is 0 Å². The number of hydrogen-bond acceptors (Lipinski definition) is 3. The molecule has 0 fully saturated rings. The number of aromatic nitrogens is 4. The molecule has 0 aliphatic rings. The van der Waals surface area contributed by atoms with Crippen molar-refractivity contribution in [2.24, 2.45) is 0 Å². The molecular weight excluding hydrogens is 645 g/mol. The molecule has 8 aromatic carbocycles. The van der Waals surface area contributed by atoms with E-state index in [-0.39, 0.29) is 0 Å². The Morgan fingerprint density at radius 1 is 0.302 bits per heavy atom. The monoisotopic (exact) mass is 676 g/mol. The summed E-state index contributed by atoms with van der Waals surface area (Å²) in [6, 6.07) is 68.0. The molecule has 2 heterocycles. The molecule has 0 N–H and O–H groups in total. The fourth-order valence-corrected chi connectivity index (χ4v) is 7.43. The summed E-state index contributed by atoms with van der Waals surface area (Å²) in [6.45, 7) is 0. The predicted molar refractivity (Wildman–Crippen MR) is 219 cm³/mol. The summed E-state index contributed by atoms with van der Waals surface area (Å²) in [5, 5.41) is 4.93. The minimum absolute atomic E-state index is 0.626. The van der Waals surface area contributed by atoms with Gasteiger partial charge in [0, 0.05) is 38.5 Å². The van der Waals surface area contributed by atoms with Crippen LogP contribution in [0.5, 0.6) is 0 Å². The zero-order chi connectivity index (χ0) is 35.1. The van der Waals surface area contributed by atoms with Crippen molar-refractivity contribution in [1.82, 2.24) is 19.5 Å². The Kier molecular flexibility index (Phi) is 7.43. The Bertz CT molecular complexity index is 2910. The van der Waals surface area contributed by atoms with E-state index in [2.05, 4.69) is 187 Å². The van der Waals surface area contributed by atoms with Gasteiger partial charge in [0.1, 0.15) is 0 Å². The van der Waals surface area contributed by atoms with Crippen molar-refractivity contribution >= 4 is 32.6 Å². The van der Waals surface area contributed by atoms with Crippen LogP contribution in [0.3, 0.4) is 0 Å². The van der Waals surface area contributed by atoms with E-state index in [4.69, 9.17) is 15.0 Å². The molecule has 4 nitrogen and oxygen atoms in total. The highest BCUT2D eigenvalue weighted by atomic mass is 15.0. The van der Waals surface area contributed by atoms with E-state index in [9.17, 15) is 0 Å². The lowest BCUT2D eigenvalue weighted by Gasteiger charge is -2.12. The second-order valence-corrected chi connectivity index (χ2v) is 13.3. The number of hydrogen-bond donors (Lipinski definition) is 0. The third kappa shape index (κ3) is 5.54. The second-order valence-electron chi connectivity index (χ2n) is 13.3. The fraction of sp³-hybridized carbons (Fsp3) is 0. The molecule has 0 atom stereocenters. The summed E-state index contributed by atoms with van der Waals surface area (Å²) in [4.78, 5) is 15.3. The van der Waals surface area contributed by atoms with E-state index in [0.717, 1.165) is 39.1 Å². The summed E-state index contributed by atoms with van der Waals surface area (Å²) >= 11 is 0. The van der Waals surface area contributed by atoms with Gasteiger partial charge in [0.2, 0.25) is 0 Å². The molecule has 10 rings (SSSR count). The van der Waals surface area contributed by atoms with Crippen LogP contribution in [0.25, 0.3) is 94.7 Å². The Morgan fingerprint density at radius 2 is 0.792 bits per heavy atom. The van der Waals surface area contributed by atoms with E-state index in [1.165, 1.54) is 38.1 Å². The maximum atomic E-state index is 5.10. The molecule has 0 bridgehead atoms. The molecule has 0 unspecified atom stereocenters. The van der Waals surface area contributed by atoms with Crippen molar-refractivity contribution in [2.45, 2.75) is 0 Å². The smallest absolute Gasteiger partial charge is 0.164 e. The van der Waals surface area contributed by atoms with E-state index in [1.54, 1.807) is 0 Å². The zero-order valence-corrected chi connectivity index (χ0v) is 28.8. The Hall–Kier alpha value is -7.17. The molecule has 0 saturated heterocycles. The lowest BCUT2D eigenvalue weighted by atomic mass is 10.0. The van der Waals surface area contributed by atoms with Crippen LogP contribution >= 0.6 is 0 Å². The maximum Gasteiger partial charge on any atom is 0.164 e. The SMILES string of the molecule is c1ccc(-c2ccc(-c3nc(-c4ccc(-n5c6ccccc6c6ccc7ccccc7c65)cc4)nc(-c4cccc(-c5ccccc5)c4)n3)cc2)cc1. The molecule has 4 heteroatoms. The highest BCUT2D eigenvalue weighted by Crippen LogP contribution is 2.37. The van der Waals surface area contributed by atoms with Gasteiger partial charge in [0.05, 0.1) is 11.0 Å². The molecule has 2 aromatic heterocycles. The van der Waals surface area contributed by atoms with Crippen molar-refractivity contribution in [3.8, 4) is 62.1 Å². The summed E-state index contributed by atoms with van der Waals surface area (Å²) < 4.78 is 2.38. The Morgan fingerprint density at radius 3 is 1.49 bits per heavy atom. The van der Waals surface area contributed by atoms with Crippen LogP contribution in [0.15, 0.2) is 194 Å². The van der Waals surface area contributed by atoms with Gasteiger partial charge in [-0.05, 0) is 64.0 Å². The zero-order valence-electron chi connectivity index (χ0n) is 28.8. The van der Waals surface area contributed by atoms with Gasteiger partial charge in [-0.15, -0.1) is 0 Å². The van der Waals surface area contributed by atoms with Crippen molar-refractivity contribution < 1.29 is 0 Å². The lowest BCUT2D eigenvalue weighted by molar-refractivity contribution is 1.07. The summed E-state index contributed by atoms with van der Waals surface area (Å²) in [6.07, 6.45) is 0. The van der Waals surface area contributed by atoms with Gasteiger partial charge in [-0.25, -0.2) is 15.0 Å². The van der Waals surface area contributed by atoms with Crippen molar-refractivity contribution in [2.75, 3.05) is 0 Å². The average molecular weight is 677 g/mol. The standard InChI is InChI=1S/C49H32N4/c1-3-12-33(13-4-1)35-22-24-37(25-23-35)47-50-48(52-49(51-47)40-18-11-17-39(32-40)34-14-5-2-6-15-34)38-26-29-41(30-27-38)53-45-21-10-9-20-43(45)44-31-28-36-16-7-8-19-42(36)46(44)53/h1-32H. The second kappa shape index (κ2) is 12.9. The molecule has 53 heavy (non-hydrogen) atoms. The molecule has 0 amide bonds. The number of fused-ring (bicyclic) bond motifs is 5. The molecule has 0 radical (unpaired) electrons. The number of benzene rings is 8. The van der Waals surface area contributed by atoms with E-state index in [1.807, 2.05) is 12.1 Å². The first-order valence-corrected chi connectivity index (χ1v) is 17.9. The van der Waals surface area contributed by atoms with Crippen LogP contribution in [0, 0.1) is 0 Å². The van der Waals surface area contributed by atoms with Gasteiger partial charge in [-0.2, -0.15) is 0 Å². The molecule has 0 saturated carbocycles. The molecule has 248 valence electrons. The minimum atomic E-state index is 0.626. The molecule has 0 aliphatic carbocycles. The number of nitrogens with zero attached hydrogens (tertiary/aromatic N) is 4. The van der Waals surface area contributed by atoms with Crippen LogP contribution in [0.2, 0.25) is 0 Å². The molecule has 0 aliphatic heterocycles. The normalized spacial score (nSPS) is 11.4. The van der Waals surface area contributed by atoms with Crippen LogP contribution in [-0.2, 0) is 0 Å². The summed E-state index contributed by atoms with van der Waals surface area (Å²) in [7, 11) is 0. The van der Waals surface area contributed by atoms with Crippen molar-refractivity contribution in [3.05, 3.63) is 194 Å². The highest BCUT2D eigenvalue weighted by Gasteiger charge is 2.17. The van der Waals surface area contributed by atoms with Gasteiger partial charge < -0.3 is 4.57 Å². The van der Waals surface area contributed by atoms with Crippen LogP contribution < -0.4 is 0 Å². The predicted octanol–water partition coefficient (Wildman–Crippen LogP) is 12.5. The summed E-state index contributed by atoms with van der Waals surface area (Å²) in [5.74, 6) is 1.89. The Labute approximate surface area is 307 Å². The van der Waals surface area contributed by atoms with Gasteiger partial charge in [0.25, 0.3) is 0 Å².